The van der Waals surface area contributed by atoms with Gasteiger partial charge in [0.1, 0.15) is 0 Å². The number of nitrogens with zero attached hydrogens (tertiary/aromatic N) is 1. The molecule has 144 valence electrons. The molecule has 1 unspecified atom stereocenters. The Bertz CT molecular complexity index is 797. The van der Waals surface area contributed by atoms with Crippen LogP contribution in [0.25, 0.3) is 0 Å². The zero-order chi connectivity index (χ0) is 19.2. The molecule has 0 aliphatic carbocycles. The van der Waals surface area contributed by atoms with Crippen LogP contribution in [0.4, 0.5) is 0 Å². The first-order valence-corrected chi connectivity index (χ1v) is 9.34. The summed E-state index contributed by atoms with van der Waals surface area (Å²) in [4.78, 5) is 16.3. The van der Waals surface area contributed by atoms with Gasteiger partial charge in [-0.2, -0.15) is 0 Å². The van der Waals surface area contributed by atoms with Crippen molar-refractivity contribution >= 4 is 17.5 Å². The maximum atomic E-state index is 12.4. The lowest BCUT2D eigenvalue weighted by molar-refractivity contribution is -0.124. The molecule has 0 spiro atoms. The molecule has 1 aliphatic heterocycles. The Labute approximate surface area is 163 Å². The van der Waals surface area contributed by atoms with Gasteiger partial charge in [0.05, 0.1) is 19.3 Å². The third-order valence-electron chi connectivity index (χ3n) is 4.20. The van der Waals surface area contributed by atoms with Gasteiger partial charge in [0.15, 0.2) is 29.0 Å². The molecule has 3 rings (SSSR count). The van der Waals surface area contributed by atoms with E-state index in [1.165, 1.54) is 0 Å². The van der Waals surface area contributed by atoms with Gasteiger partial charge in [-0.25, -0.2) is 4.98 Å². The molecule has 0 saturated carbocycles. The summed E-state index contributed by atoms with van der Waals surface area (Å²) in [5.74, 6) is 1.77. The van der Waals surface area contributed by atoms with Crippen LogP contribution in [-0.4, -0.2) is 30.7 Å². The van der Waals surface area contributed by atoms with E-state index in [1.807, 2.05) is 32.0 Å². The van der Waals surface area contributed by atoms with Gasteiger partial charge >= 0.3 is 0 Å². The average Bonchev–Trinajstić information content (AvgIpc) is 2.90. The van der Waals surface area contributed by atoms with Crippen LogP contribution in [0.2, 0.25) is 5.15 Å². The second kappa shape index (κ2) is 8.95. The number of hydrogen-bond acceptors (Lipinski definition) is 5. The van der Waals surface area contributed by atoms with E-state index in [9.17, 15) is 4.79 Å². The second-order valence-corrected chi connectivity index (χ2v) is 6.98. The Balaban J connectivity index is 1.68. The smallest absolute Gasteiger partial charge is 0.258 e. The van der Waals surface area contributed by atoms with Crippen molar-refractivity contribution in [2.75, 3.05) is 19.8 Å². The normalized spacial score (nSPS) is 14.4. The van der Waals surface area contributed by atoms with Gasteiger partial charge in [-0.05, 0) is 35.7 Å². The Morgan fingerprint density at radius 2 is 2.04 bits per heavy atom. The molecule has 1 atom stereocenters. The van der Waals surface area contributed by atoms with E-state index < -0.39 is 0 Å². The van der Waals surface area contributed by atoms with Crippen LogP contribution < -0.4 is 19.5 Å². The first-order chi connectivity index (χ1) is 13.0. The van der Waals surface area contributed by atoms with Crippen molar-refractivity contribution in [2.24, 2.45) is 5.92 Å². The molecule has 7 heteroatoms. The Morgan fingerprint density at radius 3 is 2.78 bits per heavy atom. The summed E-state index contributed by atoms with van der Waals surface area (Å²) in [5, 5.41) is 3.25. The SMILES string of the molecule is CC(C)C(NC(=O)COc1cccnc1Cl)c1ccc2c(c1)OCCCO2. The highest BCUT2D eigenvalue weighted by molar-refractivity contribution is 6.30. The summed E-state index contributed by atoms with van der Waals surface area (Å²) in [6.45, 7) is 5.22. The molecule has 2 aromatic rings. The van der Waals surface area contributed by atoms with E-state index in [1.54, 1.807) is 18.3 Å². The first-order valence-electron chi connectivity index (χ1n) is 8.97. The minimum atomic E-state index is -0.235. The third kappa shape index (κ3) is 5.04. The molecular formula is C20H23ClN2O4. The van der Waals surface area contributed by atoms with Crippen molar-refractivity contribution in [3.63, 3.8) is 0 Å². The molecule has 1 N–H and O–H groups in total. The van der Waals surface area contributed by atoms with E-state index in [4.69, 9.17) is 25.8 Å². The molecular weight excluding hydrogens is 368 g/mol. The van der Waals surface area contributed by atoms with Crippen LogP contribution in [0.3, 0.4) is 0 Å². The Hall–Kier alpha value is -2.47. The highest BCUT2D eigenvalue weighted by Crippen LogP contribution is 2.34. The molecule has 0 bridgehead atoms. The number of benzene rings is 1. The fraction of sp³-hybridized carbons (Fsp3) is 0.400. The molecule has 1 aromatic heterocycles. The van der Waals surface area contributed by atoms with Gasteiger partial charge in [-0.3, -0.25) is 4.79 Å². The van der Waals surface area contributed by atoms with Crippen molar-refractivity contribution in [3.8, 4) is 17.2 Å². The van der Waals surface area contributed by atoms with E-state index in [0.717, 1.165) is 17.7 Å². The summed E-state index contributed by atoms with van der Waals surface area (Å²) in [6.07, 6.45) is 2.41. The number of pyridine rings is 1. The number of hydrogen-bond donors (Lipinski definition) is 1. The fourth-order valence-electron chi connectivity index (χ4n) is 2.85. The van der Waals surface area contributed by atoms with Crippen LogP contribution in [0, 0.1) is 5.92 Å². The summed E-state index contributed by atoms with van der Waals surface area (Å²) in [7, 11) is 0. The molecule has 2 heterocycles. The molecule has 1 aromatic carbocycles. The predicted octanol–water partition coefficient (Wildman–Crippen LogP) is 3.79. The average molecular weight is 391 g/mol. The van der Waals surface area contributed by atoms with Crippen LogP contribution >= 0.6 is 11.6 Å². The lowest BCUT2D eigenvalue weighted by atomic mass is 9.95. The van der Waals surface area contributed by atoms with Gasteiger partial charge in [0, 0.05) is 12.6 Å². The summed E-state index contributed by atoms with van der Waals surface area (Å²) in [5.41, 5.74) is 0.960. The van der Waals surface area contributed by atoms with Crippen molar-refractivity contribution in [1.82, 2.24) is 10.3 Å². The largest absolute Gasteiger partial charge is 0.490 e. The van der Waals surface area contributed by atoms with Crippen LogP contribution in [0.1, 0.15) is 31.9 Å². The molecule has 0 saturated heterocycles. The predicted molar refractivity (Wildman–Crippen MR) is 103 cm³/mol. The minimum absolute atomic E-state index is 0.140. The van der Waals surface area contributed by atoms with Gasteiger partial charge in [-0.15, -0.1) is 0 Å². The van der Waals surface area contributed by atoms with Crippen LogP contribution in [0.15, 0.2) is 36.5 Å². The lowest BCUT2D eigenvalue weighted by Gasteiger charge is -2.24. The number of halogens is 1. The summed E-state index contributed by atoms with van der Waals surface area (Å²) < 4.78 is 16.9. The van der Waals surface area contributed by atoms with Crippen molar-refractivity contribution in [1.29, 1.82) is 0 Å². The zero-order valence-electron chi connectivity index (χ0n) is 15.4. The number of nitrogens with one attached hydrogen (secondary N) is 1. The van der Waals surface area contributed by atoms with Crippen molar-refractivity contribution < 1.29 is 19.0 Å². The third-order valence-corrected chi connectivity index (χ3v) is 4.48. The van der Waals surface area contributed by atoms with E-state index in [2.05, 4.69) is 10.3 Å². The maximum Gasteiger partial charge on any atom is 0.258 e. The molecule has 27 heavy (non-hydrogen) atoms. The van der Waals surface area contributed by atoms with E-state index >= 15 is 0 Å². The van der Waals surface area contributed by atoms with E-state index in [-0.39, 0.29) is 29.6 Å². The molecule has 1 amide bonds. The number of carbonyl (C=O) groups excluding carboxylic acids is 1. The number of ether oxygens (including phenoxy) is 3. The number of rotatable bonds is 6. The number of carbonyl (C=O) groups is 1. The number of fused-ring (bicyclic) bond motifs is 1. The zero-order valence-corrected chi connectivity index (χ0v) is 16.2. The van der Waals surface area contributed by atoms with Gasteiger partial charge in [-0.1, -0.05) is 31.5 Å². The molecule has 0 radical (unpaired) electrons. The Kier molecular flexibility index (Phi) is 6.40. The number of aromatic nitrogens is 1. The second-order valence-electron chi connectivity index (χ2n) is 6.63. The summed E-state index contributed by atoms with van der Waals surface area (Å²) >= 11 is 5.95. The molecule has 6 nitrogen and oxygen atoms in total. The topological polar surface area (TPSA) is 69.7 Å². The fourth-order valence-corrected chi connectivity index (χ4v) is 3.02. The highest BCUT2D eigenvalue weighted by atomic mass is 35.5. The maximum absolute atomic E-state index is 12.4. The highest BCUT2D eigenvalue weighted by Gasteiger charge is 2.21. The van der Waals surface area contributed by atoms with Gasteiger partial charge in [0.2, 0.25) is 0 Å². The standard InChI is InChI=1S/C20H23ClN2O4/c1-13(2)19(14-6-7-15-17(11-14)26-10-4-9-25-15)23-18(24)12-27-16-5-3-8-22-20(16)21/h3,5-8,11,13,19H,4,9-10,12H2,1-2H3,(H,23,24). The first kappa shape index (κ1) is 19.3. The van der Waals surface area contributed by atoms with Gasteiger partial charge in [0.25, 0.3) is 5.91 Å². The molecule has 1 aliphatic rings. The number of amides is 1. The quantitative estimate of drug-likeness (QED) is 0.760. The van der Waals surface area contributed by atoms with Crippen LogP contribution in [0.5, 0.6) is 17.2 Å². The van der Waals surface area contributed by atoms with Crippen molar-refractivity contribution in [2.45, 2.75) is 26.3 Å². The van der Waals surface area contributed by atoms with Crippen LogP contribution in [-0.2, 0) is 4.79 Å². The Morgan fingerprint density at radius 1 is 1.26 bits per heavy atom. The lowest BCUT2D eigenvalue weighted by Crippen LogP contribution is -2.35. The molecule has 0 fully saturated rings. The van der Waals surface area contributed by atoms with E-state index in [0.29, 0.717) is 24.7 Å². The monoisotopic (exact) mass is 390 g/mol. The summed E-state index contributed by atoms with van der Waals surface area (Å²) in [6, 6.07) is 8.98. The minimum Gasteiger partial charge on any atom is -0.490 e. The van der Waals surface area contributed by atoms with Crippen molar-refractivity contribution in [3.05, 3.63) is 47.2 Å². The van der Waals surface area contributed by atoms with Gasteiger partial charge < -0.3 is 19.5 Å².